The summed E-state index contributed by atoms with van der Waals surface area (Å²) in [4.78, 5) is 16.1. The molecule has 1 aromatic rings. The number of carbonyl (C=O) groups excluding carboxylic acids is 1. The van der Waals surface area contributed by atoms with Crippen LogP contribution >= 0.6 is 0 Å². The van der Waals surface area contributed by atoms with Gasteiger partial charge in [0.15, 0.2) is 17.3 Å². The molecule has 6 nitrogen and oxygen atoms in total. The fourth-order valence-corrected chi connectivity index (χ4v) is 3.07. The lowest BCUT2D eigenvalue weighted by atomic mass is 9.82. The molecule has 0 saturated heterocycles. The van der Waals surface area contributed by atoms with Gasteiger partial charge in [0.1, 0.15) is 0 Å². The number of dihydropyridines is 1. The third-order valence-electron chi connectivity index (χ3n) is 4.29. The Balaban J connectivity index is 2.79. The fourth-order valence-electron chi connectivity index (χ4n) is 3.07. The van der Waals surface area contributed by atoms with Crippen molar-refractivity contribution in [2.75, 3.05) is 27.9 Å². The van der Waals surface area contributed by atoms with Crippen LogP contribution in [0.4, 0.5) is 8.78 Å². The molecule has 1 aliphatic heterocycles. The predicted molar refractivity (Wildman–Crippen MR) is 93.6 cm³/mol. The van der Waals surface area contributed by atoms with Gasteiger partial charge in [-0.05, 0) is 18.6 Å². The first-order valence-corrected chi connectivity index (χ1v) is 8.08. The number of methoxy groups -OCH3 is 3. The molecule has 0 spiro atoms. The van der Waals surface area contributed by atoms with E-state index in [4.69, 9.17) is 20.8 Å². The molecule has 0 fully saturated rings. The lowest BCUT2D eigenvalue weighted by molar-refractivity contribution is -0.136. The number of nitrogens with one attached hydrogen (secondary N) is 1. The van der Waals surface area contributed by atoms with Crippen LogP contribution in [0.3, 0.4) is 0 Å². The zero-order valence-corrected chi connectivity index (χ0v) is 15.5. The Bertz CT molecular complexity index is 856. The van der Waals surface area contributed by atoms with E-state index in [-0.39, 0.29) is 22.6 Å². The smallest absolute Gasteiger partial charge is 0.335 e. The first-order chi connectivity index (χ1) is 12.9. The highest BCUT2D eigenvalue weighted by Crippen LogP contribution is 2.44. The maximum Gasteiger partial charge on any atom is 0.335 e. The molecule has 1 aliphatic rings. The topological polar surface area (TPSA) is 61.2 Å². The van der Waals surface area contributed by atoms with Gasteiger partial charge in [-0.2, -0.15) is 4.39 Å². The molecule has 0 aromatic heterocycles. The van der Waals surface area contributed by atoms with Crippen LogP contribution in [-0.2, 0) is 14.3 Å². The van der Waals surface area contributed by atoms with Crippen molar-refractivity contribution >= 4 is 5.97 Å². The first kappa shape index (κ1) is 20.4. The summed E-state index contributed by atoms with van der Waals surface area (Å²) in [5.74, 6) is -4.27. The standard InChI is InChI=1S/C19H20F2N2O4/c1-10-17(22-2)14(11-6-7-12(20)16(21)18(11)26-4)15(19(24)27-5)13(23-10)8-9-25-3/h6-7,14,23H,8-9H2,1,3-5H3. The largest absolute Gasteiger partial charge is 0.493 e. The molecule has 144 valence electrons. The zero-order valence-electron chi connectivity index (χ0n) is 15.5. The van der Waals surface area contributed by atoms with Crippen molar-refractivity contribution in [3.05, 3.63) is 63.4 Å². The van der Waals surface area contributed by atoms with Gasteiger partial charge in [0, 0.05) is 24.9 Å². The third kappa shape index (κ3) is 3.78. The van der Waals surface area contributed by atoms with Crippen LogP contribution in [0, 0.1) is 18.2 Å². The van der Waals surface area contributed by atoms with Gasteiger partial charge >= 0.3 is 5.97 Å². The third-order valence-corrected chi connectivity index (χ3v) is 4.29. The normalized spacial score (nSPS) is 16.7. The van der Waals surface area contributed by atoms with E-state index in [1.807, 2.05) is 0 Å². The Morgan fingerprint density at radius 1 is 1.30 bits per heavy atom. The number of carbonyl (C=O) groups is 1. The number of hydrogen-bond donors (Lipinski definition) is 1. The van der Waals surface area contributed by atoms with Crippen molar-refractivity contribution in [1.29, 1.82) is 0 Å². The molecule has 0 bridgehead atoms. The van der Waals surface area contributed by atoms with Crippen LogP contribution in [0.5, 0.6) is 5.75 Å². The monoisotopic (exact) mass is 378 g/mol. The lowest BCUT2D eigenvalue weighted by Gasteiger charge is -2.30. The number of allylic oxidation sites excluding steroid dienone is 2. The van der Waals surface area contributed by atoms with Crippen LogP contribution in [-0.4, -0.2) is 33.9 Å². The second kappa shape index (κ2) is 8.64. The SMILES string of the molecule is [C-]#[N+]C1=C(C)NC(CCOC)=C(C(=O)OC)C1c1ccc(F)c(F)c1OC. The Labute approximate surface area is 156 Å². The molecule has 2 rings (SSSR count). The second-order valence-electron chi connectivity index (χ2n) is 5.79. The van der Waals surface area contributed by atoms with E-state index in [1.54, 1.807) is 6.92 Å². The number of rotatable bonds is 6. The molecular weight excluding hydrogens is 358 g/mol. The van der Waals surface area contributed by atoms with Crippen molar-refractivity contribution in [2.45, 2.75) is 19.3 Å². The van der Waals surface area contributed by atoms with E-state index in [2.05, 4.69) is 10.2 Å². The molecule has 0 amide bonds. The average molecular weight is 378 g/mol. The highest BCUT2D eigenvalue weighted by atomic mass is 19.2. The summed E-state index contributed by atoms with van der Waals surface area (Å²) < 4.78 is 43.0. The first-order valence-electron chi connectivity index (χ1n) is 8.08. The molecule has 27 heavy (non-hydrogen) atoms. The van der Waals surface area contributed by atoms with Gasteiger partial charge in [0.25, 0.3) is 0 Å². The molecular formula is C19H20F2N2O4. The van der Waals surface area contributed by atoms with Crippen LogP contribution < -0.4 is 10.1 Å². The van der Waals surface area contributed by atoms with Gasteiger partial charge in [-0.1, -0.05) is 6.07 Å². The van der Waals surface area contributed by atoms with Crippen molar-refractivity contribution < 1.29 is 27.8 Å². The summed E-state index contributed by atoms with van der Waals surface area (Å²) in [5.41, 5.74) is 1.46. The second-order valence-corrected chi connectivity index (χ2v) is 5.79. The number of benzene rings is 1. The quantitative estimate of drug-likeness (QED) is 0.608. The molecule has 0 aliphatic carbocycles. The van der Waals surface area contributed by atoms with Crippen molar-refractivity contribution in [1.82, 2.24) is 5.32 Å². The minimum atomic E-state index is -1.18. The summed E-state index contributed by atoms with van der Waals surface area (Å²) in [6, 6.07) is 2.25. The minimum Gasteiger partial charge on any atom is -0.493 e. The average Bonchev–Trinajstić information content (AvgIpc) is 2.67. The van der Waals surface area contributed by atoms with Crippen LogP contribution in [0.25, 0.3) is 4.85 Å². The number of hydrogen-bond acceptors (Lipinski definition) is 5. The Morgan fingerprint density at radius 2 is 2.00 bits per heavy atom. The fraction of sp³-hybridized carbons (Fsp3) is 0.368. The van der Waals surface area contributed by atoms with Crippen molar-refractivity contribution in [2.24, 2.45) is 0 Å². The number of esters is 1. The van der Waals surface area contributed by atoms with Gasteiger partial charge in [0.2, 0.25) is 5.82 Å². The van der Waals surface area contributed by atoms with E-state index in [0.29, 0.717) is 24.4 Å². The minimum absolute atomic E-state index is 0.135. The van der Waals surface area contributed by atoms with E-state index in [0.717, 1.165) is 6.07 Å². The van der Waals surface area contributed by atoms with Gasteiger partial charge in [-0.3, -0.25) is 0 Å². The number of halogens is 2. The predicted octanol–water partition coefficient (Wildman–Crippen LogP) is 3.27. The Morgan fingerprint density at radius 3 is 2.56 bits per heavy atom. The van der Waals surface area contributed by atoms with Gasteiger partial charge in [-0.25, -0.2) is 14.0 Å². The van der Waals surface area contributed by atoms with Crippen molar-refractivity contribution in [3.63, 3.8) is 0 Å². The maximum atomic E-state index is 14.3. The molecule has 1 aromatic carbocycles. The van der Waals surface area contributed by atoms with Crippen LogP contribution in [0.15, 0.2) is 34.8 Å². The molecule has 8 heteroatoms. The van der Waals surface area contributed by atoms with E-state index < -0.39 is 23.5 Å². The van der Waals surface area contributed by atoms with Crippen LogP contribution in [0.2, 0.25) is 0 Å². The summed E-state index contributed by atoms with van der Waals surface area (Å²) in [5, 5.41) is 3.04. The summed E-state index contributed by atoms with van der Waals surface area (Å²) in [7, 11) is 3.93. The summed E-state index contributed by atoms with van der Waals surface area (Å²) in [6.45, 7) is 9.53. The van der Waals surface area contributed by atoms with E-state index in [1.165, 1.54) is 27.4 Å². The lowest BCUT2D eigenvalue weighted by Crippen LogP contribution is -2.30. The highest BCUT2D eigenvalue weighted by Gasteiger charge is 2.38. The molecule has 1 heterocycles. The van der Waals surface area contributed by atoms with E-state index >= 15 is 0 Å². The van der Waals surface area contributed by atoms with Crippen LogP contribution in [0.1, 0.15) is 24.8 Å². The number of ether oxygens (including phenoxy) is 3. The number of nitrogens with zero attached hydrogens (tertiary/aromatic N) is 1. The molecule has 0 saturated carbocycles. The van der Waals surface area contributed by atoms with Gasteiger partial charge in [0.05, 0.1) is 38.9 Å². The highest BCUT2D eigenvalue weighted by molar-refractivity contribution is 5.93. The molecule has 0 radical (unpaired) electrons. The van der Waals surface area contributed by atoms with Gasteiger partial charge < -0.3 is 19.5 Å². The molecule has 1 N–H and O–H groups in total. The molecule has 1 unspecified atom stereocenters. The summed E-state index contributed by atoms with van der Waals surface area (Å²) in [6.07, 6.45) is 0.339. The van der Waals surface area contributed by atoms with E-state index in [9.17, 15) is 13.6 Å². The zero-order chi connectivity index (χ0) is 20.1. The van der Waals surface area contributed by atoms with Crippen molar-refractivity contribution in [3.8, 4) is 5.75 Å². The van der Waals surface area contributed by atoms with Gasteiger partial charge in [-0.15, -0.1) is 0 Å². The summed E-state index contributed by atoms with van der Waals surface area (Å²) >= 11 is 0. The Kier molecular flexibility index (Phi) is 6.53. The molecule has 1 atom stereocenters. The Hall–Kier alpha value is -2.92. The maximum absolute atomic E-state index is 14.3.